The summed E-state index contributed by atoms with van der Waals surface area (Å²) in [6.45, 7) is 3.46. The molecule has 26 heavy (non-hydrogen) atoms. The fourth-order valence-corrected chi connectivity index (χ4v) is 3.36. The first kappa shape index (κ1) is 16.4. The number of aromatic nitrogens is 5. The molecule has 0 radical (unpaired) electrons. The van der Waals surface area contributed by atoms with Crippen molar-refractivity contribution in [2.45, 2.75) is 19.8 Å². The van der Waals surface area contributed by atoms with Crippen molar-refractivity contribution in [3.8, 4) is 0 Å². The summed E-state index contributed by atoms with van der Waals surface area (Å²) in [4.78, 5) is 27.8. The van der Waals surface area contributed by atoms with Gasteiger partial charge in [0.1, 0.15) is 18.0 Å². The molecule has 0 aliphatic carbocycles. The molecule has 1 aliphatic heterocycles. The van der Waals surface area contributed by atoms with Crippen molar-refractivity contribution in [1.29, 1.82) is 0 Å². The van der Waals surface area contributed by atoms with Crippen LogP contribution in [0, 0.1) is 12.8 Å². The van der Waals surface area contributed by atoms with E-state index in [0.717, 1.165) is 41.8 Å². The molecule has 134 valence electrons. The van der Waals surface area contributed by atoms with Crippen LogP contribution in [0.25, 0.3) is 11.0 Å². The van der Waals surface area contributed by atoms with Crippen LogP contribution in [-0.4, -0.2) is 43.7 Å². The second-order valence-electron chi connectivity index (χ2n) is 6.70. The smallest absolute Gasteiger partial charge is 0.230 e. The number of rotatable bonds is 3. The van der Waals surface area contributed by atoms with Crippen molar-refractivity contribution in [3.05, 3.63) is 36.4 Å². The van der Waals surface area contributed by atoms with Crippen LogP contribution < -0.4 is 10.2 Å². The average molecular weight is 351 g/mol. The van der Waals surface area contributed by atoms with Gasteiger partial charge in [0.2, 0.25) is 5.91 Å². The number of aryl methyl sites for hydroxylation is 2. The van der Waals surface area contributed by atoms with E-state index >= 15 is 0 Å². The van der Waals surface area contributed by atoms with E-state index in [1.54, 1.807) is 23.4 Å². The maximum absolute atomic E-state index is 12.7. The molecule has 0 bridgehead atoms. The van der Waals surface area contributed by atoms with E-state index in [-0.39, 0.29) is 11.8 Å². The predicted octanol–water partition coefficient (Wildman–Crippen LogP) is 1.92. The van der Waals surface area contributed by atoms with Gasteiger partial charge in [0.05, 0.1) is 17.5 Å². The Kier molecular flexibility index (Phi) is 4.24. The van der Waals surface area contributed by atoms with Crippen LogP contribution in [0.5, 0.6) is 0 Å². The Morgan fingerprint density at radius 3 is 2.92 bits per heavy atom. The molecule has 1 saturated heterocycles. The maximum Gasteiger partial charge on any atom is 0.230 e. The molecule has 1 atom stereocenters. The Labute approximate surface area is 151 Å². The number of piperidine rings is 1. The van der Waals surface area contributed by atoms with Crippen LogP contribution in [0.1, 0.15) is 18.4 Å². The molecule has 1 amide bonds. The summed E-state index contributed by atoms with van der Waals surface area (Å²) in [6.07, 6.45) is 6.88. The number of fused-ring (bicyclic) bond motifs is 1. The number of carbonyl (C=O) groups is 1. The summed E-state index contributed by atoms with van der Waals surface area (Å²) in [7, 11) is 1.86. The summed E-state index contributed by atoms with van der Waals surface area (Å²) in [5.41, 5.74) is 1.86. The number of amides is 1. The first-order valence-corrected chi connectivity index (χ1v) is 8.73. The molecule has 0 aromatic carbocycles. The summed E-state index contributed by atoms with van der Waals surface area (Å²) < 4.78 is 1.73. The van der Waals surface area contributed by atoms with Crippen molar-refractivity contribution in [2.24, 2.45) is 13.0 Å². The third-order valence-electron chi connectivity index (χ3n) is 4.76. The molecular formula is C18H21N7O. The Balaban J connectivity index is 1.51. The lowest BCUT2D eigenvalue weighted by Gasteiger charge is -2.33. The number of pyridine rings is 1. The zero-order valence-electron chi connectivity index (χ0n) is 14.9. The highest BCUT2D eigenvalue weighted by molar-refractivity contribution is 5.93. The summed E-state index contributed by atoms with van der Waals surface area (Å²) in [5.74, 6) is 1.33. The molecule has 4 rings (SSSR count). The van der Waals surface area contributed by atoms with Crippen molar-refractivity contribution >= 4 is 28.6 Å². The van der Waals surface area contributed by atoms with Gasteiger partial charge in [0, 0.05) is 26.3 Å². The van der Waals surface area contributed by atoms with Gasteiger partial charge in [-0.3, -0.25) is 9.48 Å². The number of anilines is 2. The quantitative estimate of drug-likeness (QED) is 0.775. The van der Waals surface area contributed by atoms with E-state index in [1.165, 1.54) is 0 Å². The summed E-state index contributed by atoms with van der Waals surface area (Å²) >= 11 is 0. The maximum atomic E-state index is 12.7. The lowest BCUT2D eigenvalue weighted by molar-refractivity contribution is -0.120. The van der Waals surface area contributed by atoms with Crippen LogP contribution in [0.2, 0.25) is 0 Å². The van der Waals surface area contributed by atoms with Crippen molar-refractivity contribution in [3.63, 3.8) is 0 Å². The molecule has 1 unspecified atom stereocenters. The van der Waals surface area contributed by atoms with Crippen molar-refractivity contribution in [2.75, 3.05) is 23.3 Å². The third-order valence-corrected chi connectivity index (χ3v) is 4.76. The molecule has 3 aromatic heterocycles. The summed E-state index contributed by atoms with van der Waals surface area (Å²) in [5, 5.41) is 8.11. The van der Waals surface area contributed by atoms with Gasteiger partial charge in [-0.05, 0) is 31.4 Å². The second kappa shape index (κ2) is 6.70. The number of carbonyl (C=O) groups excluding carboxylic acids is 1. The van der Waals surface area contributed by atoms with Crippen molar-refractivity contribution < 1.29 is 4.79 Å². The minimum Gasteiger partial charge on any atom is -0.355 e. The van der Waals surface area contributed by atoms with Gasteiger partial charge in [-0.15, -0.1) is 0 Å². The van der Waals surface area contributed by atoms with E-state index in [0.29, 0.717) is 12.4 Å². The molecule has 8 heteroatoms. The van der Waals surface area contributed by atoms with E-state index in [9.17, 15) is 4.79 Å². The van der Waals surface area contributed by atoms with Crippen LogP contribution >= 0.6 is 0 Å². The molecule has 4 heterocycles. The standard InChI is InChI=1S/C18H21N7O/c1-12-5-6-15(19-8-12)23-18(26)13-4-3-7-25(10-13)17-14-9-22-24(2)16(14)20-11-21-17/h5-6,8-9,11,13H,3-4,7,10H2,1-2H3,(H,19,23,26). The first-order valence-electron chi connectivity index (χ1n) is 8.73. The first-order chi connectivity index (χ1) is 12.6. The zero-order chi connectivity index (χ0) is 18.1. The van der Waals surface area contributed by atoms with Crippen LogP contribution in [0.15, 0.2) is 30.9 Å². The Bertz CT molecular complexity index is 934. The van der Waals surface area contributed by atoms with Gasteiger partial charge >= 0.3 is 0 Å². The van der Waals surface area contributed by atoms with Gasteiger partial charge in [-0.1, -0.05) is 6.07 Å². The topological polar surface area (TPSA) is 88.8 Å². The molecule has 0 saturated carbocycles. The van der Waals surface area contributed by atoms with Gasteiger partial charge in [-0.2, -0.15) is 5.10 Å². The molecule has 1 fully saturated rings. The normalized spacial score (nSPS) is 17.5. The molecule has 0 spiro atoms. The average Bonchev–Trinajstić information content (AvgIpc) is 3.05. The van der Waals surface area contributed by atoms with Crippen LogP contribution in [0.4, 0.5) is 11.6 Å². The lowest BCUT2D eigenvalue weighted by Crippen LogP contribution is -2.41. The number of nitrogens with zero attached hydrogens (tertiary/aromatic N) is 6. The highest BCUT2D eigenvalue weighted by Gasteiger charge is 2.28. The highest BCUT2D eigenvalue weighted by atomic mass is 16.2. The Morgan fingerprint density at radius 2 is 2.12 bits per heavy atom. The van der Waals surface area contributed by atoms with Gasteiger partial charge in [0.15, 0.2) is 5.65 Å². The molecule has 1 aliphatic rings. The molecule has 1 N–H and O–H groups in total. The monoisotopic (exact) mass is 351 g/mol. The van der Waals surface area contributed by atoms with Crippen molar-refractivity contribution in [1.82, 2.24) is 24.7 Å². The number of nitrogens with one attached hydrogen (secondary N) is 1. The van der Waals surface area contributed by atoms with E-state index < -0.39 is 0 Å². The largest absolute Gasteiger partial charge is 0.355 e. The van der Waals surface area contributed by atoms with Crippen LogP contribution in [0.3, 0.4) is 0 Å². The highest BCUT2D eigenvalue weighted by Crippen LogP contribution is 2.27. The fourth-order valence-electron chi connectivity index (χ4n) is 3.36. The molecule has 8 nitrogen and oxygen atoms in total. The second-order valence-corrected chi connectivity index (χ2v) is 6.70. The number of hydrogen-bond acceptors (Lipinski definition) is 6. The number of hydrogen-bond donors (Lipinski definition) is 1. The lowest BCUT2D eigenvalue weighted by atomic mass is 9.97. The third kappa shape index (κ3) is 3.10. The Morgan fingerprint density at radius 1 is 1.23 bits per heavy atom. The Hall–Kier alpha value is -3.03. The minimum atomic E-state index is -0.103. The zero-order valence-corrected chi connectivity index (χ0v) is 14.9. The van der Waals surface area contributed by atoms with E-state index in [4.69, 9.17) is 0 Å². The van der Waals surface area contributed by atoms with Gasteiger partial charge < -0.3 is 10.2 Å². The van der Waals surface area contributed by atoms with E-state index in [1.807, 2.05) is 26.1 Å². The predicted molar refractivity (Wildman–Crippen MR) is 98.8 cm³/mol. The molecule has 3 aromatic rings. The molecular weight excluding hydrogens is 330 g/mol. The van der Waals surface area contributed by atoms with E-state index in [2.05, 4.69) is 30.3 Å². The van der Waals surface area contributed by atoms with Gasteiger partial charge in [-0.25, -0.2) is 15.0 Å². The van der Waals surface area contributed by atoms with Crippen LogP contribution in [-0.2, 0) is 11.8 Å². The SMILES string of the molecule is Cc1ccc(NC(=O)C2CCCN(c3ncnc4c3cnn4C)C2)nc1. The fraction of sp³-hybridized carbons (Fsp3) is 0.389. The van der Waals surface area contributed by atoms with Gasteiger partial charge in [0.25, 0.3) is 0 Å². The minimum absolute atomic E-state index is 0.00235. The summed E-state index contributed by atoms with van der Waals surface area (Å²) in [6, 6.07) is 3.77.